The zero-order valence-electron chi connectivity index (χ0n) is 8.61. The summed E-state index contributed by atoms with van der Waals surface area (Å²) < 4.78 is 18.2. The van der Waals surface area contributed by atoms with E-state index in [9.17, 15) is 9.36 Å². The SMILES string of the molecule is C=CCOCC=C.O=C(O)COP(=O)(O)O. The van der Waals surface area contributed by atoms with Gasteiger partial charge in [0.25, 0.3) is 0 Å². The van der Waals surface area contributed by atoms with Gasteiger partial charge < -0.3 is 19.6 Å². The monoisotopic (exact) mass is 254 g/mol. The lowest BCUT2D eigenvalue weighted by Gasteiger charge is -1.99. The van der Waals surface area contributed by atoms with Gasteiger partial charge >= 0.3 is 13.8 Å². The van der Waals surface area contributed by atoms with Crippen LogP contribution in [0.1, 0.15) is 0 Å². The first kappa shape index (κ1) is 17.4. The van der Waals surface area contributed by atoms with E-state index in [2.05, 4.69) is 17.7 Å². The standard InChI is InChI=1S/C6H10O.C2H5O6P/c1-3-5-7-6-4-2;3-2(4)1-8-9(5,6)7/h3-4H,1-2,5-6H2;1H2,(H,3,4)(H2,5,6,7). The Bertz CT molecular complexity index is 249. The van der Waals surface area contributed by atoms with E-state index >= 15 is 0 Å². The van der Waals surface area contributed by atoms with Crippen LogP contribution in [0.5, 0.6) is 0 Å². The van der Waals surface area contributed by atoms with Gasteiger partial charge in [-0.3, -0.25) is 4.52 Å². The highest BCUT2D eigenvalue weighted by atomic mass is 31.2. The third kappa shape index (κ3) is 23.1. The van der Waals surface area contributed by atoms with Crippen molar-refractivity contribution in [2.75, 3.05) is 19.8 Å². The van der Waals surface area contributed by atoms with Crippen LogP contribution in [0.25, 0.3) is 0 Å². The molecule has 0 aliphatic carbocycles. The summed E-state index contributed by atoms with van der Waals surface area (Å²) in [6, 6.07) is 0. The molecule has 16 heavy (non-hydrogen) atoms. The molecule has 0 bridgehead atoms. The summed E-state index contributed by atoms with van der Waals surface area (Å²) in [5, 5.41) is 7.81. The number of carbonyl (C=O) groups is 1. The number of phosphoric acid groups is 1. The maximum atomic E-state index is 9.74. The number of carboxylic acid groups (broad SMARTS) is 1. The first-order chi connectivity index (χ1) is 7.33. The number of hydrogen-bond donors (Lipinski definition) is 3. The Kier molecular flexibility index (Phi) is 11.5. The molecule has 0 unspecified atom stereocenters. The lowest BCUT2D eigenvalue weighted by atomic mass is 10.6. The summed E-state index contributed by atoms with van der Waals surface area (Å²) in [6.45, 7) is 7.20. The molecule has 0 atom stereocenters. The second-order valence-corrected chi connectivity index (χ2v) is 3.51. The zero-order valence-corrected chi connectivity index (χ0v) is 9.51. The van der Waals surface area contributed by atoms with E-state index in [1.807, 2.05) is 0 Å². The van der Waals surface area contributed by atoms with E-state index in [4.69, 9.17) is 19.6 Å². The lowest BCUT2D eigenvalue weighted by molar-refractivity contribution is -0.139. The number of hydrogen-bond acceptors (Lipinski definition) is 4. The van der Waals surface area contributed by atoms with E-state index in [0.29, 0.717) is 13.2 Å². The van der Waals surface area contributed by atoms with Crippen molar-refractivity contribution in [1.29, 1.82) is 0 Å². The molecule has 8 heteroatoms. The van der Waals surface area contributed by atoms with Gasteiger partial charge in [-0.05, 0) is 0 Å². The zero-order chi connectivity index (χ0) is 13.0. The van der Waals surface area contributed by atoms with Gasteiger partial charge in [-0.25, -0.2) is 9.36 Å². The average Bonchev–Trinajstić information content (AvgIpc) is 2.16. The highest BCUT2D eigenvalue weighted by Crippen LogP contribution is 2.35. The Morgan fingerprint density at radius 2 is 1.69 bits per heavy atom. The quantitative estimate of drug-likeness (QED) is 0.345. The summed E-state index contributed by atoms with van der Waals surface area (Å²) in [5.41, 5.74) is 0. The predicted octanol–water partition coefficient (Wildman–Crippen LogP) is 0.555. The Morgan fingerprint density at radius 3 is 1.88 bits per heavy atom. The molecule has 3 N–H and O–H groups in total. The minimum absolute atomic E-state index is 0.617. The molecule has 0 aromatic heterocycles. The molecular weight excluding hydrogens is 239 g/mol. The van der Waals surface area contributed by atoms with Crippen molar-refractivity contribution in [3.05, 3.63) is 25.3 Å². The molecule has 0 aliphatic heterocycles. The topological polar surface area (TPSA) is 113 Å². The molecule has 0 radical (unpaired) electrons. The van der Waals surface area contributed by atoms with Gasteiger partial charge in [-0.1, -0.05) is 12.2 Å². The van der Waals surface area contributed by atoms with Crippen LogP contribution in [0.2, 0.25) is 0 Å². The number of carboxylic acids is 1. The summed E-state index contributed by atoms with van der Waals surface area (Å²) >= 11 is 0. The van der Waals surface area contributed by atoms with Crippen LogP contribution in [-0.2, 0) is 18.6 Å². The molecule has 0 heterocycles. The third-order valence-electron chi connectivity index (χ3n) is 0.828. The van der Waals surface area contributed by atoms with Gasteiger partial charge in [0.2, 0.25) is 0 Å². The summed E-state index contributed by atoms with van der Waals surface area (Å²) in [6.07, 6.45) is 3.42. The summed E-state index contributed by atoms with van der Waals surface area (Å²) in [5.74, 6) is -1.42. The Balaban J connectivity index is 0. The van der Waals surface area contributed by atoms with Crippen LogP contribution >= 0.6 is 7.82 Å². The molecule has 0 rings (SSSR count). The number of ether oxygens (including phenoxy) is 1. The minimum atomic E-state index is -4.60. The third-order valence-corrected chi connectivity index (χ3v) is 1.29. The minimum Gasteiger partial charge on any atom is -0.480 e. The van der Waals surface area contributed by atoms with Crippen LogP contribution in [0.15, 0.2) is 25.3 Å². The fourth-order valence-electron chi connectivity index (χ4n) is 0.374. The van der Waals surface area contributed by atoms with E-state index in [-0.39, 0.29) is 0 Å². The molecule has 0 spiro atoms. The van der Waals surface area contributed by atoms with Gasteiger partial charge in [0.15, 0.2) is 6.61 Å². The van der Waals surface area contributed by atoms with Gasteiger partial charge in [0.1, 0.15) is 0 Å². The maximum Gasteiger partial charge on any atom is 0.470 e. The predicted molar refractivity (Wildman–Crippen MR) is 56.8 cm³/mol. The number of rotatable bonds is 7. The Hall–Kier alpha value is -0.980. The first-order valence-electron chi connectivity index (χ1n) is 4.05. The molecule has 0 saturated heterocycles. The summed E-state index contributed by atoms with van der Waals surface area (Å²) in [4.78, 5) is 25.4. The fourth-order valence-corrected chi connectivity index (χ4v) is 0.653. The van der Waals surface area contributed by atoms with E-state index in [0.717, 1.165) is 0 Å². The molecule has 0 aromatic rings. The molecule has 0 saturated carbocycles. The highest BCUT2D eigenvalue weighted by Gasteiger charge is 2.14. The molecule has 0 aliphatic rings. The van der Waals surface area contributed by atoms with E-state index in [1.165, 1.54) is 0 Å². The summed E-state index contributed by atoms with van der Waals surface area (Å²) in [7, 11) is -4.60. The number of aliphatic carboxylic acids is 1. The van der Waals surface area contributed by atoms with Crippen LogP contribution < -0.4 is 0 Å². The molecule has 0 fully saturated rings. The van der Waals surface area contributed by atoms with Gasteiger partial charge in [0, 0.05) is 0 Å². The molecule has 0 aromatic carbocycles. The van der Waals surface area contributed by atoms with Gasteiger partial charge in [-0.2, -0.15) is 0 Å². The normalized spacial score (nSPS) is 9.88. The average molecular weight is 254 g/mol. The largest absolute Gasteiger partial charge is 0.480 e. The Labute approximate surface area is 93.2 Å². The van der Waals surface area contributed by atoms with Crippen LogP contribution in [-0.4, -0.2) is 40.7 Å². The van der Waals surface area contributed by atoms with E-state index < -0.39 is 20.4 Å². The van der Waals surface area contributed by atoms with Crippen molar-refractivity contribution in [2.45, 2.75) is 0 Å². The van der Waals surface area contributed by atoms with Crippen LogP contribution in [0, 0.1) is 0 Å². The smallest absolute Gasteiger partial charge is 0.470 e. The molecular formula is C8H15O7P. The van der Waals surface area contributed by atoms with Crippen molar-refractivity contribution >= 4 is 13.8 Å². The fraction of sp³-hybridized carbons (Fsp3) is 0.375. The molecule has 7 nitrogen and oxygen atoms in total. The maximum absolute atomic E-state index is 9.74. The first-order valence-corrected chi connectivity index (χ1v) is 5.58. The lowest BCUT2D eigenvalue weighted by Crippen LogP contribution is -2.04. The van der Waals surface area contributed by atoms with Crippen molar-refractivity contribution in [3.8, 4) is 0 Å². The van der Waals surface area contributed by atoms with Crippen LogP contribution in [0.4, 0.5) is 0 Å². The second kappa shape index (κ2) is 10.5. The van der Waals surface area contributed by atoms with Crippen molar-refractivity contribution < 1.29 is 33.5 Å². The van der Waals surface area contributed by atoms with Crippen molar-refractivity contribution in [1.82, 2.24) is 0 Å². The second-order valence-electron chi connectivity index (χ2n) is 2.27. The molecule has 0 amide bonds. The van der Waals surface area contributed by atoms with Crippen molar-refractivity contribution in [2.24, 2.45) is 0 Å². The Morgan fingerprint density at radius 1 is 1.25 bits per heavy atom. The van der Waals surface area contributed by atoms with Gasteiger partial charge in [-0.15, -0.1) is 13.2 Å². The van der Waals surface area contributed by atoms with Crippen molar-refractivity contribution in [3.63, 3.8) is 0 Å². The molecule has 94 valence electrons. The van der Waals surface area contributed by atoms with Gasteiger partial charge in [0.05, 0.1) is 13.2 Å². The van der Waals surface area contributed by atoms with Crippen LogP contribution in [0.3, 0.4) is 0 Å². The number of phosphoric ester groups is 1. The highest BCUT2D eigenvalue weighted by molar-refractivity contribution is 7.46. The van der Waals surface area contributed by atoms with E-state index in [1.54, 1.807) is 12.2 Å².